The van der Waals surface area contributed by atoms with Gasteiger partial charge in [-0.05, 0) is 74.3 Å². The number of hydrogen-bond donors (Lipinski definition) is 1. The van der Waals surface area contributed by atoms with Gasteiger partial charge in [0, 0.05) is 24.2 Å². The highest BCUT2D eigenvalue weighted by Crippen LogP contribution is 2.49. The van der Waals surface area contributed by atoms with Gasteiger partial charge in [0.2, 0.25) is 0 Å². The highest BCUT2D eigenvalue weighted by atomic mass is 32.2. The summed E-state index contributed by atoms with van der Waals surface area (Å²) >= 11 is 6.91. The molecule has 38 heavy (non-hydrogen) atoms. The number of rotatable bonds is 6. The number of hydrogen-bond acceptors (Lipinski definition) is 7. The number of thiocarbonyl (C=S) groups is 1. The predicted octanol–water partition coefficient (Wildman–Crippen LogP) is 5.03. The minimum Gasteiger partial charge on any atom is -0.496 e. The minimum absolute atomic E-state index is 0.0496. The van der Waals surface area contributed by atoms with Crippen molar-refractivity contribution >= 4 is 52.2 Å². The van der Waals surface area contributed by atoms with Gasteiger partial charge in [0.25, 0.3) is 11.8 Å². The van der Waals surface area contributed by atoms with Crippen LogP contribution < -0.4 is 4.74 Å². The Morgan fingerprint density at radius 1 is 1.18 bits per heavy atom. The van der Waals surface area contributed by atoms with Crippen LogP contribution in [-0.2, 0) is 9.59 Å². The number of carboxylic acid groups (broad SMARTS) is 1. The molecule has 10 heteroatoms. The van der Waals surface area contributed by atoms with Crippen molar-refractivity contribution in [2.75, 3.05) is 13.7 Å². The Morgan fingerprint density at radius 2 is 2.03 bits per heavy atom. The molecule has 3 unspecified atom stereocenters. The van der Waals surface area contributed by atoms with Crippen LogP contribution in [0.2, 0.25) is 0 Å². The molecule has 198 valence electrons. The largest absolute Gasteiger partial charge is 0.496 e. The number of benzene rings is 1. The molecular formula is C28H28N2O6S2. The van der Waals surface area contributed by atoms with E-state index in [2.05, 4.69) is 0 Å². The Bertz CT molecular complexity index is 1370. The quantitative estimate of drug-likeness (QED) is 0.393. The lowest BCUT2D eigenvalue weighted by Crippen LogP contribution is -2.41. The molecule has 2 aliphatic heterocycles. The van der Waals surface area contributed by atoms with Crippen molar-refractivity contribution < 1.29 is 28.6 Å². The van der Waals surface area contributed by atoms with Crippen LogP contribution >= 0.6 is 24.0 Å². The zero-order valence-corrected chi connectivity index (χ0v) is 22.6. The Hall–Kier alpha value is -3.11. The first-order chi connectivity index (χ1) is 18.3. The van der Waals surface area contributed by atoms with Crippen LogP contribution in [0.1, 0.15) is 54.6 Å². The molecule has 1 N–H and O–H groups in total. The average molecular weight is 553 g/mol. The Labute approximate surface area is 230 Å². The van der Waals surface area contributed by atoms with E-state index < -0.39 is 12.0 Å². The molecule has 1 aromatic heterocycles. The third-order valence-corrected chi connectivity index (χ3v) is 9.60. The van der Waals surface area contributed by atoms with E-state index in [0.29, 0.717) is 63.3 Å². The summed E-state index contributed by atoms with van der Waals surface area (Å²) in [5.74, 6) is 1.23. The van der Waals surface area contributed by atoms with Crippen LogP contribution in [0.25, 0.3) is 17.4 Å². The van der Waals surface area contributed by atoms with Gasteiger partial charge in [0.15, 0.2) is 0 Å². The highest BCUT2D eigenvalue weighted by Gasteiger charge is 2.48. The number of carboxylic acids is 1. The van der Waals surface area contributed by atoms with Gasteiger partial charge in [-0.2, -0.15) is 0 Å². The molecule has 2 saturated heterocycles. The number of likely N-dealkylation sites (tertiary alicyclic amines) is 1. The summed E-state index contributed by atoms with van der Waals surface area (Å²) < 4.78 is 12.1. The van der Waals surface area contributed by atoms with Crippen LogP contribution in [0.15, 0.2) is 39.7 Å². The van der Waals surface area contributed by atoms with E-state index >= 15 is 0 Å². The van der Waals surface area contributed by atoms with Crippen LogP contribution in [0.3, 0.4) is 0 Å². The number of carbonyl (C=O) groups excluding carboxylic acids is 2. The normalized spacial score (nSPS) is 27.7. The van der Waals surface area contributed by atoms with E-state index in [0.717, 1.165) is 6.42 Å². The van der Waals surface area contributed by atoms with Crippen LogP contribution in [0, 0.1) is 11.8 Å². The third-order valence-electron chi connectivity index (χ3n) is 8.27. The van der Waals surface area contributed by atoms with Crippen LogP contribution in [-0.4, -0.2) is 62.7 Å². The van der Waals surface area contributed by atoms with Crippen molar-refractivity contribution in [3.63, 3.8) is 0 Å². The summed E-state index contributed by atoms with van der Waals surface area (Å²) in [6.07, 6.45) is 7.47. The fourth-order valence-electron chi connectivity index (χ4n) is 6.46. The molecule has 4 fully saturated rings. The number of methoxy groups -OCH3 is 1. The maximum atomic E-state index is 13.3. The topological polar surface area (TPSA) is 100 Å². The summed E-state index contributed by atoms with van der Waals surface area (Å²) in [6.45, 7) is 0.383. The minimum atomic E-state index is -1.01. The molecule has 4 aliphatic rings. The van der Waals surface area contributed by atoms with E-state index in [1.54, 1.807) is 36.4 Å². The second-order valence-corrected chi connectivity index (χ2v) is 12.1. The Kier molecular flexibility index (Phi) is 6.55. The maximum Gasteiger partial charge on any atom is 0.326 e. The first kappa shape index (κ1) is 25.2. The average Bonchev–Trinajstić information content (AvgIpc) is 3.73. The number of ether oxygens (including phenoxy) is 1. The number of furan rings is 1. The van der Waals surface area contributed by atoms with Gasteiger partial charge in [-0.3, -0.25) is 14.5 Å². The smallest absolute Gasteiger partial charge is 0.326 e. The van der Waals surface area contributed by atoms with E-state index in [9.17, 15) is 19.5 Å². The van der Waals surface area contributed by atoms with Gasteiger partial charge in [-0.15, -0.1) is 0 Å². The monoisotopic (exact) mass is 552 g/mol. The first-order valence-electron chi connectivity index (χ1n) is 12.9. The highest BCUT2D eigenvalue weighted by molar-refractivity contribution is 8.26. The fourth-order valence-corrected chi connectivity index (χ4v) is 7.81. The van der Waals surface area contributed by atoms with Gasteiger partial charge in [-0.25, -0.2) is 4.79 Å². The molecule has 4 atom stereocenters. The molecule has 2 aromatic rings. The fraction of sp³-hybridized carbons (Fsp3) is 0.429. The standard InChI is InChI=1S/C28H28N2O6S2/c1-35-23-8-6-17(13-19(23)25(31)29-10-2-3-20(29)27(33)34)22-9-7-18(36-22)14-24-26(32)30(28(37)38-24)21-12-15-4-5-16(21)11-15/h6-9,13-16,20-21H,2-5,10-12H2,1H3,(H,33,34)/b24-14-/t15?,16?,20-,21?/m0/s1. The van der Waals surface area contributed by atoms with Crippen molar-refractivity contribution in [1.29, 1.82) is 0 Å². The van der Waals surface area contributed by atoms with Gasteiger partial charge in [0.05, 0.1) is 17.6 Å². The molecule has 8 nitrogen and oxygen atoms in total. The zero-order chi connectivity index (χ0) is 26.6. The number of thioether (sulfide) groups is 1. The maximum absolute atomic E-state index is 13.3. The number of amides is 2. The number of carbonyl (C=O) groups is 3. The number of aliphatic carboxylic acids is 1. The first-order valence-corrected chi connectivity index (χ1v) is 14.2. The van der Waals surface area contributed by atoms with Crippen LogP contribution in [0.5, 0.6) is 5.75 Å². The van der Waals surface area contributed by atoms with Crippen molar-refractivity contribution in [3.8, 4) is 17.1 Å². The SMILES string of the molecule is COc1ccc(-c2ccc(/C=C3\SC(=S)N(C4CC5CCC4C5)C3=O)o2)cc1C(=O)N1CCC[C@H]1C(=O)O. The van der Waals surface area contributed by atoms with E-state index in [1.165, 1.54) is 43.0 Å². The lowest BCUT2D eigenvalue weighted by Gasteiger charge is -2.30. The molecule has 3 heterocycles. The molecule has 0 radical (unpaired) electrons. The summed E-state index contributed by atoms with van der Waals surface area (Å²) in [6, 6.07) is 8.06. The molecule has 0 spiro atoms. The number of fused-ring (bicyclic) bond motifs is 2. The summed E-state index contributed by atoms with van der Waals surface area (Å²) in [4.78, 5) is 41.9. The molecule has 6 rings (SSSR count). The molecule has 2 saturated carbocycles. The van der Waals surface area contributed by atoms with Gasteiger partial charge in [0.1, 0.15) is 27.6 Å². The van der Waals surface area contributed by atoms with Gasteiger partial charge >= 0.3 is 5.97 Å². The second-order valence-electron chi connectivity index (χ2n) is 10.4. The summed E-state index contributed by atoms with van der Waals surface area (Å²) in [7, 11) is 1.47. The van der Waals surface area contributed by atoms with E-state index in [-0.39, 0.29) is 23.4 Å². The van der Waals surface area contributed by atoms with Crippen LogP contribution in [0.4, 0.5) is 0 Å². The van der Waals surface area contributed by atoms with Gasteiger partial charge in [-0.1, -0.05) is 30.4 Å². The van der Waals surface area contributed by atoms with Crippen molar-refractivity contribution in [1.82, 2.24) is 9.80 Å². The second kappa shape index (κ2) is 9.89. The van der Waals surface area contributed by atoms with Crippen molar-refractivity contribution in [3.05, 3.63) is 46.6 Å². The molecule has 2 amide bonds. The van der Waals surface area contributed by atoms with E-state index in [4.69, 9.17) is 21.4 Å². The van der Waals surface area contributed by atoms with E-state index in [1.807, 2.05) is 4.90 Å². The molecule has 1 aromatic carbocycles. The zero-order valence-electron chi connectivity index (χ0n) is 20.9. The lowest BCUT2D eigenvalue weighted by atomic mass is 9.94. The molecule has 2 aliphatic carbocycles. The molecule has 2 bridgehead atoms. The Morgan fingerprint density at radius 3 is 2.74 bits per heavy atom. The van der Waals surface area contributed by atoms with Crippen molar-refractivity contribution in [2.45, 2.75) is 50.6 Å². The lowest BCUT2D eigenvalue weighted by molar-refractivity contribution is -0.141. The predicted molar refractivity (Wildman–Crippen MR) is 147 cm³/mol. The Balaban J connectivity index is 1.23. The molecular weight excluding hydrogens is 524 g/mol. The summed E-state index contributed by atoms with van der Waals surface area (Å²) in [5.41, 5.74) is 0.928. The van der Waals surface area contributed by atoms with Gasteiger partial charge < -0.3 is 19.2 Å². The third kappa shape index (κ3) is 4.33. The summed E-state index contributed by atoms with van der Waals surface area (Å²) in [5, 5.41) is 9.52. The number of nitrogens with zero attached hydrogens (tertiary/aromatic N) is 2. The van der Waals surface area contributed by atoms with Crippen molar-refractivity contribution in [2.24, 2.45) is 11.8 Å².